The van der Waals surface area contributed by atoms with E-state index in [-0.39, 0.29) is 31.9 Å². The summed E-state index contributed by atoms with van der Waals surface area (Å²) in [7, 11) is 1.18. The molecule has 2 N–H and O–H groups in total. The Bertz CT molecular complexity index is 988. The molecule has 0 bridgehead atoms. The fourth-order valence-corrected chi connectivity index (χ4v) is 3.75. The summed E-state index contributed by atoms with van der Waals surface area (Å²) in [6.07, 6.45) is 0.735. The molecule has 0 aliphatic heterocycles. The van der Waals surface area contributed by atoms with E-state index < -0.39 is 22.5 Å². The summed E-state index contributed by atoms with van der Waals surface area (Å²) in [4.78, 5) is 47.8. The van der Waals surface area contributed by atoms with Crippen LogP contribution in [0.15, 0.2) is 18.2 Å². The third-order valence-electron chi connectivity index (χ3n) is 3.91. The Labute approximate surface area is 175 Å². The topological polar surface area (TPSA) is 128 Å². The number of nitro benzene ring substituents is 1. The highest BCUT2D eigenvalue weighted by atomic mass is 35.5. The molecular weight excluding hydrogens is 422 g/mol. The highest BCUT2D eigenvalue weighted by Crippen LogP contribution is 2.34. The van der Waals surface area contributed by atoms with Gasteiger partial charge in [-0.15, -0.1) is 11.3 Å². The molecule has 0 saturated heterocycles. The van der Waals surface area contributed by atoms with Crippen molar-refractivity contribution in [2.75, 3.05) is 19.0 Å². The first-order chi connectivity index (χ1) is 13.7. The lowest BCUT2D eigenvalue weighted by Crippen LogP contribution is -2.23. The van der Waals surface area contributed by atoms with Crippen molar-refractivity contribution in [1.82, 2.24) is 5.32 Å². The van der Waals surface area contributed by atoms with Crippen LogP contribution in [0.2, 0.25) is 5.02 Å². The Kier molecular flexibility index (Phi) is 7.29. The third-order valence-corrected chi connectivity index (χ3v) is 5.44. The number of thiophene rings is 1. The number of amides is 2. The molecule has 1 aromatic heterocycles. The van der Waals surface area contributed by atoms with Gasteiger partial charge in [0.05, 0.1) is 22.5 Å². The zero-order chi connectivity index (χ0) is 21.7. The highest BCUT2D eigenvalue weighted by molar-refractivity contribution is 7.18. The van der Waals surface area contributed by atoms with Crippen molar-refractivity contribution in [3.05, 3.63) is 54.9 Å². The molecule has 0 radical (unpaired) electrons. The van der Waals surface area contributed by atoms with Gasteiger partial charge in [0.1, 0.15) is 10.0 Å². The van der Waals surface area contributed by atoms with E-state index in [0.717, 1.165) is 23.8 Å². The van der Waals surface area contributed by atoms with E-state index in [0.29, 0.717) is 12.1 Å². The molecule has 11 heteroatoms. The molecule has 0 fully saturated rings. The normalized spacial score (nSPS) is 10.3. The summed E-state index contributed by atoms with van der Waals surface area (Å²) in [5, 5.41) is 16.3. The number of methoxy groups -OCH3 is 1. The molecule has 1 aromatic carbocycles. The molecule has 29 heavy (non-hydrogen) atoms. The molecule has 0 spiro atoms. The molecular formula is C18H18ClN3O6S. The van der Waals surface area contributed by atoms with Gasteiger partial charge in [0, 0.05) is 18.2 Å². The van der Waals surface area contributed by atoms with Gasteiger partial charge in [-0.2, -0.15) is 0 Å². The summed E-state index contributed by atoms with van der Waals surface area (Å²) in [6, 6.07) is 3.59. The molecule has 2 rings (SSSR count). The van der Waals surface area contributed by atoms with Crippen LogP contribution in [0.4, 0.5) is 10.7 Å². The van der Waals surface area contributed by atoms with Crippen LogP contribution in [-0.4, -0.2) is 36.4 Å². The fraction of sp³-hybridized carbons (Fsp3) is 0.278. The first-order valence-corrected chi connectivity index (χ1v) is 9.65. The maximum Gasteiger partial charge on any atom is 0.341 e. The molecule has 0 aliphatic rings. The number of nitrogens with zero attached hydrogens (tertiary/aromatic N) is 1. The summed E-state index contributed by atoms with van der Waals surface area (Å²) in [6.45, 7) is 3.94. The molecule has 1 heterocycles. The molecule has 0 saturated carbocycles. The van der Waals surface area contributed by atoms with E-state index in [2.05, 4.69) is 10.6 Å². The summed E-state index contributed by atoms with van der Waals surface area (Å²) >= 11 is 6.69. The first kappa shape index (κ1) is 22.3. The van der Waals surface area contributed by atoms with E-state index in [9.17, 15) is 24.5 Å². The predicted molar refractivity (Wildman–Crippen MR) is 109 cm³/mol. The monoisotopic (exact) mass is 439 g/mol. The quantitative estimate of drug-likeness (QED) is 0.383. The number of ether oxygens (including phenoxy) is 1. The van der Waals surface area contributed by atoms with Gasteiger partial charge in [0.25, 0.3) is 17.5 Å². The minimum absolute atomic E-state index is 0.0278. The SMILES string of the molecule is CCCNC(=O)c1sc(NC(=O)c2ccc(Cl)c([N+](=O)[O-])c2)c(C(=O)OC)c1C. The van der Waals surface area contributed by atoms with Gasteiger partial charge in [-0.3, -0.25) is 19.7 Å². The van der Waals surface area contributed by atoms with Crippen molar-refractivity contribution in [2.45, 2.75) is 20.3 Å². The fourth-order valence-electron chi connectivity index (χ4n) is 2.45. The Morgan fingerprint density at radius 1 is 1.28 bits per heavy atom. The molecule has 0 aliphatic carbocycles. The number of benzene rings is 1. The summed E-state index contributed by atoms with van der Waals surface area (Å²) in [5.74, 6) is -1.79. The van der Waals surface area contributed by atoms with Gasteiger partial charge in [0.2, 0.25) is 0 Å². The molecule has 9 nitrogen and oxygen atoms in total. The number of rotatable bonds is 7. The van der Waals surface area contributed by atoms with Gasteiger partial charge in [-0.05, 0) is 31.0 Å². The van der Waals surface area contributed by atoms with Crippen LogP contribution >= 0.6 is 22.9 Å². The highest BCUT2D eigenvalue weighted by Gasteiger charge is 2.27. The van der Waals surface area contributed by atoms with Crippen LogP contribution in [0.3, 0.4) is 0 Å². The second kappa shape index (κ2) is 9.48. The zero-order valence-electron chi connectivity index (χ0n) is 15.8. The number of carbonyl (C=O) groups is 3. The van der Waals surface area contributed by atoms with Crippen LogP contribution in [0, 0.1) is 17.0 Å². The second-order valence-electron chi connectivity index (χ2n) is 5.89. The van der Waals surface area contributed by atoms with Gasteiger partial charge in [-0.25, -0.2) is 4.79 Å². The first-order valence-electron chi connectivity index (χ1n) is 8.46. The molecule has 2 amide bonds. The second-order valence-corrected chi connectivity index (χ2v) is 7.31. The average Bonchev–Trinajstić information content (AvgIpc) is 3.01. The molecule has 0 atom stereocenters. The number of halogens is 1. The maximum absolute atomic E-state index is 12.6. The maximum atomic E-state index is 12.6. The van der Waals surface area contributed by atoms with Crippen molar-refractivity contribution in [3.63, 3.8) is 0 Å². The van der Waals surface area contributed by atoms with E-state index in [1.165, 1.54) is 19.2 Å². The average molecular weight is 440 g/mol. The Balaban J connectivity index is 2.42. The number of esters is 1. The summed E-state index contributed by atoms with van der Waals surface area (Å²) in [5.41, 5.74) is -0.0294. The van der Waals surface area contributed by atoms with E-state index in [1.54, 1.807) is 6.92 Å². The smallest absolute Gasteiger partial charge is 0.341 e. The van der Waals surface area contributed by atoms with Crippen molar-refractivity contribution >= 4 is 51.4 Å². The molecule has 0 unspecified atom stereocenters. The Hall–Kier alpha value is -2.98. The van der Waals surface area contributed by atoms with Crippen molar-refractivity contribution in [1.29, 1.82) is 0 Å². The van der Waals surface area contributed by atoms with Crippen LogP contribution in [0.5, 0.6) is 0 Å². The van der Waals surface area contributed by atoms with Gasteiger partial charge < -0.3 is 15.4 Å². The Morgan fingerprint density at radius 2 is 1.97 bits per heavy atom. The minimum Gasteiger partial charge on any atom is -0.465 e. The number of anilines is 1. The number of hydrogen-bond acceptors (Lipinski definition) is 7. The standard InChI is InChI=1S/C18H18ClN3O6S/c1-4-7-20-16(24)14-9(2)13(18(25)28-3)17(29-14)21-15(23)10-5-6-11(19)12(8-10)22(26)27/h5-6,8H,4,7H2,1-3H3,(H,20,24)(H,21,23). The molecule has 2 aromatic rings. The van der Waals surface area contributed by atoms with Gasteiger partial charge in [-0.1, -0.05) is 18.5 Å². The van der Waals surface area contributed by atoms with Crippen molar-refractivity contribution in [2.24, 2.45) is 0 Å². The third kappa shape index (κ3) is 4.90. The number of hydrogen-bond donors (Lipinski definition) is 2. The lowest BCUT2D eigenvalue weighted by atomic mass is 10.1. The van der Waals surface area contributed by atoms with Crippen molar-refractivity contribution in [3.8, 4) is 0 Å². The minimum atomic E-state index is -0.717. The van der Waals surface area contributed by atoms with E-state index >= 15 is 0 Å². The van der Waals surface area contributed by atoms with Gasteiger partial charge in [0.15, 0.2) is 0 Å². The predicted octanol–water partition coefficient (Wildman–Crippen LogP) is 3.80. The van der Waals surface area contributed by atoms with E-state index in [4.69, 9.17) is 16.3 Å². The zero-order valence-corrected chi connectivity index (χ0v) is 17.4. The van der Waals surface area contributed by atoms with Crippen LogP contribution < -0.4 is 10.6 Å². The summed E-state index contributed by atoms with van der Waals surface area (Å²) < 4.78 is 4.76. The number of carbonyl (C=O) groups excluding carboxylic acids is 3. The lowest BCUT2D eigenvalue weighted by molar-refractivity contribution is -0.384. The van der Waals surface area contributed by atoms with E-state index in [1.807, 2.05) is 6.92 Å². The largest absolute Gasteiger partial charge is 0.465 e. The Morgan fingerprint density at radius 3 is 2.55 bits per heavy atom. The van der Waals surface area contributed by atoms with Gasteiger partial charge >= 0.3 is 5.97 Å². The lowest BCUT2D eigenvalue weighted by Gasteiger charge is -2.06. The van der Waals surface area contributed by atoms with Crippen LogP contribution in [-0.2, 0) is 4.74 Å². The molecule has 154 valence electrons. The van der Waals surface area contributed by atoms with Crippen LogP contribution in [0.1, 0.15) is 49.3 Å². The van der Waals surface area contributed by atoms with Crippen molar-refractivity contribution < 1.29 is 24.0 Å². The number of nitrogens with one attached hydrogen (secondary N) is 2. The number of nitro groups is 1. The van der Waals surface area contributed by atoms with Crippen LogP contribution in [0.25, 0.3) is 0 Å².